The molecule has 1 unspecified atom stereocenters. The fourth-order valence-corrected chi connectivity index (χ4v) is 3.10. The third-order valence-corrected chi connectivity index (χ3v) is 4.61. The number of carbonyl (C=O) groups is 2. The maximum Gasteiger partial charge on any atom is 0.308 e. The van der Waals surface area contributed by atoms with Gasteiger partial charge in [-0.25, -0.2) is 0 Å². The van der Waals surface area contributed by atoms with Gasteiger partial charge in [-0.2, -0.15) is 0 Å². The average Bonchev–Trinajstić information content (AvgIpc) is 2.71. The van der Waals surface area contributed by atoms with Crippen molar-refractivity contribution in [1.29, 1.82) is 0 Å². The molecule has 140 valence electrons. The van der Waals surface area contributed by atoms with Crippen LogP contribution in [0.3, 0.4) is 0 Å². The summed E-state index contributed by atoms with van der Waals surface area (Å²) in [6, 6.07) is 17.5. The van der Waals surface area contributed by atoms with Gasteiger partial charge in [0.2, 0.25) is 5.91 Å². The second-order valence-electron chi connectivity index (χ2n) is 6.64. The summed E-state index contributed by atoms with van der Waals surface area (Å²) in [4.78, 5) is 25.1. The van der Waals surface area contributed by atoms with Gasteiger partial charge in [-0.15, -0.1) is 0 Å². The quantitative estimate of drug-likeness (QED) is 0.794. The summed E-state index contributed by atoms with van der Waals surface area (Å²) >= 11 is 0. The normalized spacial score (nSPS) is 17.0. The zero-order chi connectivity index (χ0) is 19.1. The smallest absolute Gasteiger partial charge is 0.308 e. The van der Waals surface area contributed by atoms with E-state index < -0.39 is 11.9 Å². The number of rotatable bonds is 6. The van der Waals surface area contributed by atoms with E-state index in [1.807, 2.05) is 54.6 Å². The zero-order valence-corrected chi connectivity index (χ0v) is 15.1. The van der Waals surface area contributed by atoms with Crippen LogP contribution in [0.15, 0.2) is 60.7 Å². The van der Waals surface area contributed by atoms with Crippen molar-refractivity contribution in [3.63, 3.8) is 0 Å². The molecule has 0 bridgehead atoms. The van der Waals surface area contributed by atoms with Gasteiger partial charge in [-0.05, 0) is 42.2 Å². The van der Waals surface area contributed by atoms with Gasteiger partial charge < -0.3 is 14.7 Å². The molecular formula is C22H23NO4. The Morgan fingerprint density at radius 2 is 1.96 bits per heavy atom. The summed E-state index contributed by atoms with van der Waals surface area (Å²) in [5, 5.41) is 9.14. The van der Waals surface area contributed by atoms with Crippen LogP contribution in [-0.2, 0) is 16.2 Å². The minimum Gasteiger partial charge on any atom is -0.489 e. The Bertz CT molecular complexity index is 816. The van der Waals surface area contributed by atoms with Crippen molar-refractivity contribution in [1.82, 2.24) is 4.90 Å². The Balaban J connectivity index is 1.58. The van der Waals surface area contributed by atoms with Gasteiger partial charge in [0.25, 0.3) is 0 Å². The van der Waals surface area contributed by atoms with Gasteiger partial charge in [0, 0.05) is 19.2 Å². The molecule has 0 aromatic heterocycles. The van der Waals surface area contributed by atoms with Crippen LogP contribution >= 0.6 is 0 Å². The van der Waals surface area contributed by atoms with Crippen LogP contribution < -0.4 is 4.74 Å². The van der Waals surface area contributed by atoms with Gasteiger partial charge in [0.1, 0.15) is 12.4 Å². The lowest BCUT2D eigenvalue weighted by molar-refractivity contribution is -0.144. The minimum atomic E-state index is -0.834. The second kappa shape index (κ2) is 9.03. The first-order chi connectivity index (χ1) is 13.1. The fraction of sp³-hybridized carbons (Fsp3) is 0.273. The van der Waals surface area contributed by atoms with Gasteiger partial charge >= 0.3 is 5.97 Å². The standard InChI is InChI=1S/C22H23NO4/c24-21(23-13-5-9-19(15-23)22(25)26)12-11-17-8-4-10-20(14-17)27-16-18-6-2-1-3-7-18/h1-4,6-8,10-12,14,19H,5,9,13,15-16H2,(H,25,26)/b12-11+. The van der Waals surface area contributed by atoms with Crippen molar-refractivity contribution < 1.29 is 19.4 Å². The minimum absolute atomic E-state index is 0.156. The first-order valence-corrected chi connectivity index (χ1v) is 9.08. The second-order valence-corrected chi connectivity index (χ2v) is 6.64. The van der Waals surface area contributed by atoms with E-state index in [2.05, 4.69) is 0 Å². The first kappa shape index (κ1) is 18.7. The maximum absolute atomic E-state index is 12.4. The SMILES string of the molecule is O=C(O)C1CCCN(C(=O)/C=C/c2cccc(OCc3ccccc3)c2)C1. The van der Waals surface area contributed by atoms with E-state index in [0.717, 1.165) is 23.3 Å². The molecule has 0 radical (unpaired) electrons. The molecule has 5 nitrogen and oxygen atoms in total. The van der Waals surface area contributed by atoms with Crippen molar-refractivity contribution in [2.75, 3.05) is 13.1 Å². The van der Waals surface area contributed by atoms with Gasteiger partial charge in [-0.1, -0.05) is 42.5 Å². The Morgan fingerprint density at radius 1 is 1.15 bits per heavy atom. The highest BCUT2D eigenvalue weighted by Crippen LogP contribution is 2.19. The molecule has 1 saturated heterocycles. The lowest BCUT2D eigenvalue weighted by atomic mass is 9.98. The van der Waals surface area contributed by atoms with E-state index in [1.54, 1.807) is 11.0 Å². The predicted molar refractivity (Wildman–Crippen MR) is 103 cm³/mol. The molecule has 1 fully saturated rings. The number of amides is 1. The van der Waals surface area contributed by atoms with E-state index in [-0.39, 0.29) is 12.5 Å². The largest absolute Gasteiger partial charge is 0.489 e. The molecule has 1 heterocycles. The number of ether oxygens (including phenoxy) is 1. The van der Waals surface area contributed by atoms with Crippen molar-refractivity contribution in [2.45, 2.75) is 19.4 Å². The van der Waals surface area contributed by atoms with Crippen LogP contribution in [0.2, 0.25) is 0 Å². The van der Waals surface area contributed by atoms with Crippen LogP contribution in [0, 0.1) is 5.92 Å². The van der Waals surface area contributed by atoms with Crippen molar-refractivity contribution >= 4 is 18.0 Å². The summed E-state index contributed by atoms with van der Waals surface area (Å²) in [5.74, 6) is -0.723. The molecule has 1 atom stereocenters. The van der Waals surface area contributed by atoms with Crippen LogP contribution in [0.5, 0.6) is 5.75 Å². The van der Waals surface area contributed by atoms with Gasteiger partial charge in [0.05, 0.1) is 5.92 Å². The molecule has 0 spiro atoms. The molecule has 5 heteroatoms. The van der Waals surface area contributed by atoms with Crippen LogP contribution in [0.4, 0.5) is 0 Å². The molecular weight excluding hydrogens is 342 g/mol. The van der Waals surface area contributed by atoms with Crippen LogP contribution in [0.1, 0.15) is 24.0 Å². The van der Waals surface area contributed by atoms with Gasteiger partial charge in [-0.3, -0.25) is 9.59 Å². The molecule has 1 amide bonds. The Kier molecular flexibility index (Phi) is 6.26. The van der Waals surface area contributed by atoms with E-state index in [1.165, 1.54) is 6.08 Å². The predicted octanol–water partition coefficient (Wildman–Crippen LogP) is 3.60. The molecule has 27 heavy (non-hydrogen) atoms. The fourth-order valence-electron chi connectivity index (χ4n) is 3.10. The molecule has 0 saturated carbocycles. The Morgan fingerprint density at radius 3 is 2.74 bits per heavy atom. The highest BCUT2D eigenvalue weighted by atomic mass is 16.5. The number of carboxylic acids is 1. The lowest BCUT2D eigenvalue weighted by Gasteiger charge is -2.29. The molecule has 1 aliphatic rings. The zero-order valence-electron chi connectivity index (χ0n) is 15.1. The topological polar surface area (TPSA) is 66.8 Å². The van der Waals surface area contributed by atoms with Crippen LogP contribution in [-0.4, -0.2) is 35.0 Å². The number of hydrogen-bond acceptors (Lipinski definition) is 3. The van der Waals surface area contributed by atoms with Gasteiger partial charge in [0.15, 0.2) is 0 Å². The number of carboxylic acid groups (broad SMARTS) is 1. The molecule has 1 N–H and O–H groups in total. The summed E-state index contributed by atoms with van der Waals surface area (Å²) in [6.45, 7) is 1.36. The molecule has 3 rings (SSSR count). The number of nitrogens with zero attached hydrogens (tertiary/aromatic N) is 1. The molecule has 2 aromatic carbocycles. The third-order valence-electron chi connectivity index (χ3n) is 4.61. The number of hydrogen-bond donors (Lipinski definition) is 1. The monoisotopic (exact) mass is 365 g/mol. The highest BCUT2D eigenvalue weighted by molar-refractivity contribution is 5.92. The molecule has 2 aromatic rings. The highest BCUT2D eigenvalue weighted by Gasteiger charge is 2.27. The summed E-state index contributed by atoms with van der Waals surface area (Å²) in [5.41, 5.74) is 1.95. The molecule has 0 aliphatic carbocycles. The van der Waals surface area contributed by atoms with Crippen molar-refractivity contribution in [3.8, 4) is 5.75 Å². The number of likely N-dealkylation sites (tertiary alicyclic amines) is 1. The summed E-state index contributed by atoms with van der Waals surface area (Å²) in [6.07, 6.45) is 4.59. The maximum atomic E-state index is 12.4. The Labute approximate surface area is 158 Å². The average molecular weight is 365 g/mol. The van der Waals surface area contributed by atoms with Crippen molar-refractivity contribution in [3.05, 3.63) is 71.8 Å². The van der Waals surface area contributed by atoms with E-state index in [4.69, 9.17) is 9.84 Å². The number of aliphatic carboxylic acids is 1. The Hall–Kier alpha value is -3.08. The molecule has 1 aliphatic heterocycles. The summed E-state index contributed by atoms with van der Waals surface area (Å²) in [7, 11) is 0. The van der Waals surface area contributed by atoms with E-state index in [0.29, 0.717) is 19.6 Å². The first-order valence-electron chi connectivity index (χ1n) is 9.08. The van der Waals surface area contributed by atoms with E-state index in [9.17, 15) is 9.59 Å². The van der Waals surface area contributed by atoms with Crippen molar-refractivity contribution in [2.24, 2.45) is 5.92 Å². The lowest BCUT2D eigenvalue weighted by Crippen LogP contribution is -2.41. The van der Waals surface area contributed by atoms with Crippen LogP contribution in [0.25, 0.3) is 6.08 Å². The number of benzene rings is 2. The van der Waals surface area contributed by atoms with E-state index >= 15 is 0 Å². The number of carbonyl (C=O) groups excluding carboxylic acids is 1. The summed E-state index contributed by atoms with van der Waals surface area (Å²) < 4.78 is 5.80. The third kappa shape index (κ3) is 5.45. The number of piperidine rings is 1.